The third-order valence-electron chi connectivity index (χ3n) is 5.74. The summed E-state index contributed by atoms with van der Waals surface area (Å²) >= 11 is 6.30. The normalized spacial score (nSPS) is 12.6. The van der Waals surface area contributed by atoms with E-state index < -0.39 is 29.1 Å². The van der Waals surface area contributed by atoms with E-state index >= 15 is 0 Å². The van der Waals surface area contributed by atoms with E-state index in [0.29, 0.717) is 17.0 Å². The van der Waals surface area contributed by atoms with Crippen LogP contribution in [0.5, 0.6) is 5.75 Å². The number of imidazole rings is 1. The van der Waals surface area contributed by atoms with Crippen molar-refractivity contribution >= 4 is 17.3 Å². The van der Waals surface area contributed by atoms with Gasteiger partial charge in [-0.3, -0.25) is 4.79 Å². The highest BCUT2D eigenvalue weighted by Crippen LogP contribution is 2.27. The van der Waals surface area contributed by atoms with Crippen molar-refractivity contribution < 1.29 is 17.9 Å². The lowest BCUT2D eigenvalue weighted by atomic mass is 10.0. The molecule has 0 aliphatic heterocycles. The number of hydrazone groups is 1. The highest BCUT2D eigenvalue weighted by molar-refractivity contribution is 6.31. The van der Waals surface area contributed by atoms with Crippen LogP contribution in [0.25, 0.3) is 5.69 Å². The predicted molar refractivity (Wildman–Crippen MR) is 131 cm³/mol. The molecule has 2 heterocycles. The molecule has 0 radical (unpaired) electrons. The number of pyridine rings is 1. The lowest BCUT2D eigenvalue weighted by Gasteiger charge is -2.18. The van der Waals surface area contributed by atoms with Gasteiger partial charge in [0.2, 0.25) is 0 Å². The van der Waals surface area contributed by atoms with Crippen molar-refractivity contribution in [1.29, 1.82) is 0 Å². The van der Waals surface area contributed by atoms with Crippen LogP contribution in [0.15, 0.2) is 65.0 Å². The molecule has 0 saturated carbocycles. The molecule has 186 valence electrons. The Hall–Kier alpha value is -4.05. The van der Waals surface area contributed by atoms with Crippen molar-refractivity contribution in [3.63, 3.8) is 0 Å². The molecule has 0 fully saturated rings. The lowest BCUT2D eigenvalue weighted by molar-refractivity contribution is 0.413. The van der Waals surface area contributed by atoms with Gasteiger partial charge >= 0.3 is 0 Å². The third kappa shape index (κ3) is 4.59. The fourth-order valence-corrected chi connectivity index (χ4v) is 4.11. The van der Waals surface area contributed by atoms with E-state index in [4.69, 9.17) is 22.2 Å². The van der Waals surface area contributed by atoms with E-state index in [1.54, 1.807) is 29.1 Å². The van der Waals surface area contributed by atoms with Crippen LogP contribution in [0.1, 0.15) is 35.3 Å². The molecule has 1 unspecified atom stereocenters. The first kappa shape index (κ1) is 25.1. The molecule has 0 spiro atoms. The molecule has 0 amide bonds. The molecule has 2 aromatic carbocycles. The standard InChI is InChI=1S/C25H21ClF3N5O2/c1-13-10-33(12-31-13)21-5-4-15(8-22(21)36-3)24(32-30)18-9-17(26)11-34(25(18)35)14(2)16-6-19(27)23(29)20(28)7-16/h4-12,14H,30H2,1-3H3. The number of halogens is 4. The van der Waals surface area contributed by atoms with Crippen LogP contribution in [0, 0.1) is 24.4 Å². The van der Waals surface area contributed by atoms with Gasteiger partial charge in [-0.05, 0) is 49.7 Å². The average Bonchev–Trinajstić information content (AvgIpc) is 3.29. The minimum atomic E-state index is -1.59. The number of rotatable bonds is 6. The zero-order valence-electron chi connectivity index (χ0n) is 19.5. The Labute approximate surface area is 209 Å². The summed E-state index contributed by atoms with van der Waals surface area (Å²) in [4.78, 5) is 17.7. The van der Waals surface area contributed by atoms with E-state index in [1.165, 1.54) is 30.9 Å². The van der Waals surface area contributed by atoms with Crippen molar-refractivity contribution in [3.05, 3.63) is 110 Å². The van der Waals surface area contributed by atoms with Crippen LogP contribution < -0.4 is 16.1 Å². The zero-order chi connectivity index (χ0) is 26.1. The van der Waals surface area contributed by atoms with Gasteiger partial charge in [-0.1, -0.05) is 17.7 Å². The minimum Gasteiger partial charge on any atom is -0.495 e. The smallest absolute Gasteiger partial charge is 0.260 e. The predicted octanol–water partition coefficient (Wildman–Crippen LogP) is 4.74. The highest BCUT2D eigenvalue weighted by atomic mass is 35.5. The SMILES string of the molecule is COc1cc(C(=NN)c2cc(Cl)cn(C(C)c3cc(F)c(F)c(F)c3)c2=O)ccc1-n1cnc(C)c1. The Morgan fingerprint density at radius 1 is 1.14 bits per heavy atom. The second-order valence-corrected chi connectivity index (χ2v) is 8.48. The monoisotopic (exact) mass is 515 g/mol. The molecule has 0 bridgehead atoms. The quantitative estimate of drug-likeness (QED) is 0.174. The van der Waals surface area contributed by atoms with Gasteiger partial charge in [0.15, 0.2) is 17.5 Å². The summed E-state index contributed by atoms with van der Waals surface area (Å²) < 4.78 is 49.6. The summed E-state index contributed by atoms with van der Waals surface area (Å²) in [6.07, 6.45) is 4.78. The van der Waals surface area contributed by atoms with Gasteiger partial charge < -0.3 is 19.7 Å². The van der Waals surface area contributed by atoms with Crippen LogP contribution in [0.3, 0.4) is 0 Å². The lowest BCUT2D eigenvalue weighted by Crippen LogP contribution is -2.30. The van der Waals surface area contributed by atoms with Gasteiger partial charge in [0.05, 0.1) is 41.4 Å². The Bertz CT molecular complexity index is 1520. The number of nitrogens with zero attached hydrogens (tertiary/aromatic N) is 4. The van der Waals surface area contributed by atoms with Crippen molar-refractivity contribution in [1.82, 2.24) is 14.1 Å². The first-order chi connectivity index (χ1) is 17.1. The zero-order valence-corrected chi connectivity index (χ0v) is 20.2. The Morgan fingerprint density at radius 2 is 1.83 bits per heavy atom. The number of ether oxygens (including phenoxy) is 1. The molecule has 0 aliphatic rings. The van der Waals surface area contributed by atoms with E-state index in [1.807, 2.05) is 13.1 Å². The molecule has 2 aromatic heterocycles. The summed E-state index contributed by atoms with van der Waals surface area (Å²) in [5, 5.41) is 3.98. The molecule has 36 heavy (non-hydrogen) atoms. The maximum absolute atomic E-state index is 13.8. The van der Waals surface area contributed by atoms with E-state index in [-0.39, 0.29) is 21.9 Å². The third-order valence-corrected chi connectivity index (χ3v) is 5.95. The number of methoxy groups -OCH3 is 1. The molecular formula is C25H21ClF3N5O2. The molecule has 4 rings (SSSR count). The Morgan fingerprint density at radius 3 is 2.42 bits per heavy atom. The van der Waals surface area contributed by atoms with Crippen molar-refractivity contribution in [2.75, 3.05) is 7.11 Å². The van der Waals surface area contributed by atoms with E-state index in [2.05, 4.69) is 10.1 Å². The number of hydrogen-bond acceptors (Lipinski definition) is 5. The van der Waals surface area contributed by atoms with Crippen LogP contribution >= 0.6 is 11.6 Å². The number of nitrogens with two attached hydrogens (primary N) is 1. The van der Waals surface area contributed by atoms with Crippen molar-refractivity contribution in [3.8, 4) is 11.4 Å². The van der Waals surface area contributed by atoms with Crippen LogP contribution in [-0.4, -0.2) is 26.9 Å². The number of aromatic nitrogens is 3. The molecule has 11 heteroatoms. The average molecular weight is 516 g/mol. The van der Waals surface area contributed by atoms with E-state index in [0.717, 1.165) is 17.8 Å². The molecule has 1 atom stereocenters. The summed E-state index contributed by atoms with van der Waals surface area (Å²) in [7, 11) is 1.50. The number of benzene rings is 2. The van der Waals surface area contributed by atoms with E-state index in [9.17, 15) is 18.0 Å². The van der Waals surface area contributed by atoms with Gasteiger partial charge in [0, 0.05) is 18.0 Å². The largest absolute Gasteiger partial charge is 0.495 e. The molecule has 7 nitrogen and oxygen atoms in total. The molecule has 2 N–H and O–H groups in total. The first-order valence-electron chi connectivity index (χ1n) is 10.7. The van der Waals surface area contributed by atoms with Crippen LogP contribution in [0.4, 0.5) is 13.2 Å². The fraction of sp³-hybridized carbons (Fsp3) is 0.160. The van der Waals surface area contributed by atoms with Crippen molar-refractivity contribution in [2.24, 2.45) is 10.9 Å². The van der Waals surface area contributed by atoms with Gasteiger partial charge in [0.1, 0.15) is 11.5 Å². The summed E-state index contributed by atoms with van der Waals surface area (Å²) in [5.74, 6) is 1.84. The second kappa shape index (κ2) is 9.90. The molecular weight excluding hydrogens is 495 g/mol. The van der Waals surface area contributed by atoms with Crippen LogP contribution in [0.2, 0.25) is 5.02 Å². The van der Waals surface area contributed by atoms with Gasteiger partial charge in [0.25, 0.3) is 5.56 Å². The Kier molecular flexibility index (Phi) is 6.89. The van der Waals surface area contributed by atoms with Gasteiger partial charge in [-0.15, -0.1) is 0 Å². The highest BCUT2D eigenvalue weighted by Gasteiger charge is 2.21. The van der Waals surface area contributed by atoms with Crippen LogP contribution in [-0.2, 0) is 0 Å². The summed E-state index contributed by atoms with van der Waals surface area (Å²) in [5.41, 5.74) is 1.62. The minimum absolute atomic E-state index is 0.0367. The summed E-state index contributed by atoms with van der Waals surface area (Å²) in [6.45, 7) is 3.38. The van der Waals surface area contributed by atoms with Gasteiger partial charge in [-0.2, -0.15) is 5.10 Å². The molecule has 4 aromatic rings. The second-order valence-electron chi connectivity index (χ2n) is 8.05. The molecule has 0 saturated heterocycles. The Balaban J connectivity index is 1.80. The fourth-order valence-electron chi connectivity index (χ4n) is 3.89. The molecule has 0 aliphatic carbocycles. The van der Waals surface area contributed by atoms with Crippen molar-refractivity contribution in [2.45, 2.75) is 19.9 Å². The summed E-state index contributed by atoms with van der Waals surface area (Å²) in [6, 6.07) is 7.29. The maximum atomic E-state index is 13.8. The maximum Gasteiger partial charge on any atom is 0.260 e. The topological polar surface area (TPSA) is 87.4 Å². The number of aryl methyl sites for hydroxylation is 1. The first-order valence-corrected chi connectivity index (χ1v) is 11.1. The van der Waals surface area contributed by atoms with Gasteiger partial charge in [-0.25, -0.2) is 18.2 Å². The number of hydrogen-bond donors (Lipinski definition) is 1.